The molecule has 22 nitrogen and oxygen atoms in total. The average molecular weight is 793 g/mol. The summed E-state index contributed by atoms with van der Waals surface area (Å²) in [6.07, 6.45) is 2.54. The molecule has 298 valence electrons. The second-order valence-corrected chi connectivity index (χ2v) is 12.6. The molecule has 1 heterocycles. The number of aromatic amines is 1. The Balaban J connectivity index is 3.01. The maximum Gasteiger partial charge on any atom is 0.327 e. The highest BCUT2D eigenvalue weighted by Gasteiger charge is 2.34. The molecule has 7 amide bonds. The normalized spacial score (nSPS) is 15.6. The Hall–Kier alpha value is -4.49. The minimum Gasteiger partial charge on any atom is -0.480 e. The van der Waals surface area contributed by atoms with Crippen LogP contribution < -0.4 is 43.0 Å². The van der Waals surface area contributed by atoms with Crippen molar-refractivity contribution in [2.24, 2.45) is 11.7 Å². The highest BCUT2D eigenvalue weighted by atomic mass is 32.1. The molecular formula is C29H48N10O12S2. The molecule has 8 unspecified atom stereocenters. The van der Waals surface area contributed by atoms with Crippen molar-refractivity contribution in [3.05, 3.63) is 18.2 Å². The number of aliphatic hydroxyl groups excluding tert-OH is 3. The van der Waals surface area contributed by atoms with Gasteiger partial charge in [-0.1, -0.05) is 13.8 Å². The molecule has 24 heteroatoms. The first-order valence-corrected chi connectivity index (χ1v) is 17.3. The predicted molar refractivity (Wildman–Crippen MR) is 191 cm³/mol. The van der Waals surface area contributed by atoms with Gasteiger partial charge in [0, 0.05) is 29.8 Å². The van der Waals surface area contributed by atoms with Crippen LogP contribution in [0, 0.1) is 5.92 Å². The van der Waals surface area contributed by atoms with Gasteiger partial charge in [-0.2, -0.15) is 25.3 Å². The predicted octanol–water partition coefficient (Wildman–Crippen LogP) is -6.73. The number of carbonyl (C=O) groups excluding carboxylic acids is 7. The van der Waals surface area contributed by atoms with Crippen LogP contribution in [0.4, 0.5) is 0 Å². The Labute approximate surface area is 314 Å². The molecule has 0 spiro atoms. The number of hydrogen-bond donors (Lipinski definition) is 15. The number of rotatable bonds is 23. The molecule has 8 atom stereocenters. The van der Waals surface area contributed by atoms with Gasteiger partial charge in [-0.15, -0.1) is 0 Å². The fourth-order valence-corrected chi connectivity index (χ4v) is 4.64. The number of amides is 7. The fraction of sp³-hybridized carbons (Fsp3) is 0.621. The quantitative estimate of drug-likeness (QED) is 0.0458. The van der Waals surface area contributed by atoms with Crippen LogP contribution in [0.3, 0.4) is 0 Å². The van der Waals surface area contributed by atoms with Crippen molar-refractivity contribution in [3.63, 3.8) is 0 Å². The Morgan fingerprint density at radius 1 is 0.660 bits per heavy atom. The van der Waals surface area contributed by atoms with Gasteiger partial charge in [0.1, 0.15) is 42.3 Å². The van der Waals surface area contributed by atoms with E-state index in [-0.39, 0.29) is 17.9 Å². The first-order valence-electron chi connectivity index (χ1n) is 16.1. The second kappa shape index (κ2) is 23.2. The Morgan fingerprint density at radius 3 is 1.53 bits per heavy atom. The highest BCUT2D eigenvalue weighted by Crippen LogP contribution is 2.05. The number of aromatic nitrogens is 2. The van der Waals surface area contributed by atoms with Crippen LogP contribution in [0.1, 0.15) is 26.5 Å². The zero-order valence-corrected chi connectivity index (χ0v) is 30.9. The molecule has 0 fully saturated rings. The third-order valence-electron chi connectivity index (χ3n) is 7.39. The number of carboxylic acids is 1. The van der Waals surface area contributed by atoms with E-state index in [1.165, 1.54) is 19.4 Å². The van der Waals surface area contributed by atoms with Crippen LogP contribution in [0.2, 0.25) is 0 Å². The number of imidazole rings is 1. The van der Waals surface area contributed by atoms with Gasteiger partial charge in [0.05, 0.1) is 32.2 Å². The molecule has 0 aromatic carbocycles. The molecule has 0 saturated carbocycles. The lowest BCUT2D eigenvalue weighted by atomic mass is 10.0. The van der Waals surface area contributed by atoms with E-state index in [4.69, 9.17) is 10.8 Å². The molecule has 0 bridgehead atoms. The van der Waals surface area contributed by atoms with Crippen LogP contribution in [-0.2, 0) is 44.8 Å². The lowest BCUT2D eigenvalue weighted by Gasteiger charge is -2.27. The van der Waals surface area contributed by atoms with Gasteiger partial charge in [-0.05, 0) is 12.8 Å². The van der Waals surface area contributed by atoms with E-state index in [2.05, 4.69) is 72.4 Å². The van der Waals surface area contributed by atoms with E-state index in [1.54, 1.807) is 13.8 Å². The van der Waals surface area contributed by atoms with Crippen molar-refractivity contribution < 1.29 is 58.8 Å². The van der Waals surface area contributed by atoms with E-state index in [0.717, 1.165) is 0 Å². The lowest BCUT2D eigenvalue weighted by molar-refractivity contribution is -0.142. The van der Waals surface area contributed by atoms with E-state index in [1.807, 2.05) is 0 Å². The Kier molecular flexibility index (Phi) is 20.4. The number of nitrogens with two attached hydrogens (primary N) is 1. The van der Waals surface area contributed by atoms with E-state index in [9.17, 15) is 53.7 Å². The standard InChI is InChI=1S/C29H48N10O12S2/c1-12(2)21(28(49)37-19(8-42)26(47)36-18(7-41)27(48)38-20(10-53)29(50)51)39-22(43)13(3)33-24(45)16(4-14-5-31-11-32-14)34-25(46)17(6-40)35-23(44)15(30)9-52/h5,11-13,15-21,40-42,52-53H,4,6-10,30H2,1-3H3,(H,31,32)(H,33,45)(H,34,46)(H,35,44)(H,36,47)(H,37,49)(H,38,48)(H,39,43)(H,50,51). The summed E-state index contributed by atoms with van der Waals surface area (Å²) in [6, 6.07) is -11.4. The number of H-pyrrole nitrogens is 1. The monoisotopic (exact) mass is 792 g/mol. The van der Waals surface area contributed by atoms with Crippen LogP contribution in [0.5, 0.6) is 0 Å². The van der Waals surface area contributed by atoms with Gasteiger partial charge in [0.25, 0.3) is 0 Å². The van der Waals surface area contributed by atoms with Crippen molar-refractivity contribution in [1.29, 1.82) is 0 Å². The molecular weight excluding hydrogens is 745 g/mol. The smallest absolute Gasteiger partial charge is 0.327 e. The van der Waals surface area contributed by atoms with Crippen molar-refractivity contribution in [3.8, 4) is 0 Å². The van der Waals surface area contributed by atoms with Crippen LogP contribution in [0.15, 0.2) is 12.5 Å². The summed E-state index contributed by atoms with van der Waals surface area (Å²) in [5, 5.41) is 54.1. The first-order chi connectivity index (χ1) is 24.9. The van der Waals surface area contributed by atoms with Gasteiger partial charge in [-0.25, -0.2) is 9.78 Å². The zero-order valence-electron chi connectivity index (χ0n) is 29.1. The summed E-state index contributed by atoms with van der Waals surface area (Å²) in [7, 11) is 0. The molecule has 1 aromatic heterocycles. The maximum atomic E-state index is 13.3. The van der Waals surface area contributed by atoms with E-state index < -0.39 is 121 Å². The van der Waals surface area contributed by atoms with Crippen LogP contribution in [0.25, 0.3) is 0 Å². The fourth-order valence-electron chi connectivity index (χ4n) is 4.23. The van der Waals surface area contributed by atoms with Gasteiger partial charge in [0.15, 0.2) is 0 Å². The third kappa shape index (κ3) is 15.2. The maximum absolute atomic E-state index is 13.3. The zero-order chi connectivity index (χ0) is 40.4. The molecule has 1 aromatic rings. The van der Waals surface area contributed by atoms with Crippen LogP contribution >= 0.6 is 25.3 Å². The van der Waals surface area contributed by atoms with Gasteiger partial charge >= 0.3 is 5.97 Å². The SMILES string of the molecule is CC(NC(=O)C(Cc1cnc[nH]1)NC(=O)C(CO)NC(=O)C(N)CS)C(=O)NC(C(=O)NC(CO)C(=O)NC(CO)C(=O)NC(CS)C(=O)O)C(C)C. The van der Waals surface area contributed by atoms with Gasteiger partial charge < -0.3 is 68.4 Å². The number of carbonyl (C=O) groups is 8. The minimum atomic E-state index is -1.69. The van der Waals surface area contributed by atoms with Crippen molar-refractivity contribution in [1.82, 2.24) is 47.2 Å². The molecule has 53 heavy (non-hydrogen) atoms. The molecule has 1 rings (SSSR count). The number of aliphatic hydroxyl groups is 3. The number of thiol groups is 2. The average Bonchev–Trinajstić information content (AvgIpc) is 3.64. The number of nitrogens with zero attached hydrogens (tertiary/aromatic N) is 1. The van der Waals surface area contributed by atoms with Gasteiger partial charge in [0.2, 0.25) is 41.4 Å². The number of aliphatic carboxylic acids is 1. The van der Waals surface area contributed by atoms with Crippen molar-refractivity contribution in [2.75, 3.05) is 31.3 Å². The van der Waals surface area contributed by atoms with Crippen molar-refractivity contribution in [2.45, 2.75) is 75.5 Å². The summed E-state index contributed by atoms with van der Waals surface area (Å²) >= 11 is 7.73. The van der Waals surface area contributed by atoms with E-state index >= 15 is 0 Å². The summed E-state index contributed by atoms with van der Waals surface area (Å²) in [5.74, 6) is -9.01. The molecule has 0 saturated heterocycles. The minimum absolute atomic E-state index is 0.0483. The third-order valence-corrected chi connectivity index (χ3v) is 8.15. The summed E-state index contributed by atoms with van der Waals surface area (Å²) < 4.78 is 0. The lowest BCUT2D eigenvalue weighted by Crippen LogP contribution is -2.61. The number of carboxylic acid groups (broad SMARTS) is 1. The summed E-state index contributed by atoms with van der Waals surface area (Å²) in [5.41, 5.74) is 6.01. The van der Waals surface area contributed by atoms with Crippen LogP contribution in [-0.4, -0.2) is 157 Å². The molecule has 0 aliphatic carbocycles. The number of hydrogen-bond acceptors (Lipinski definition) is 15. The Morgan fingerprint density at radius 2 is 1.11 bits per heavy atom. The summed E-state index contributed by atoms with van der Waals surface area (Å²) in [4.78, 5) is 108. The first kappa shape index (κ1) is 46.5. The van der Waals surface area contributed by atoms with Gasteiger partial charge in [-0.3, -0.25) is 33.6 Å². The summed E-state index contributed by atoms with van der Waals surface area (Å²) in [6.45, 7) is 1.58. The number of nitrogens with one attached hydrogen (secondary N) is 8. The largest absolute Gasteiger partial charge is 0.480 e. The topological polar surface area (TPSA) is 356 Å². The van der Waals surface area contributed by atoms with Crippen molar-refractivity contribution >= 4 is 72.6 Å². The molecule has 0 radical (unpaired) electrons. The molecule has 0 aliphatic heterocycles. The van der Waals surface area contributed by atoms with E-state index in [0.29, 0.717) is 5.69 Å². The molecule has 0 aliphatic rings. The highest BCUT2D eigenvalue weighted by molar-refractivity contribution is 7.80. The Bertz CT molecular complexity index is 1420. The second-order valence-electron chi connectivity index (χ2n) is 11.9. The molecule has 14 N–H and O–H groups in total.